The van der Waals surface area contributed by atoms with Crippen LogP contribution in [0.5, 0.6) is 0 Å². The lowest BCUT2D eigenvalue weighted by atomic mass is 9.97. The number of carbonyl (C=O) groups is 1. The van der Waals surface area contributed by atoms with Gasteiger partial charge in [0.1, 0.15) is 16.5 Å². The molecule has 2 aromatic rings. The lowest BCUT2D eigenvalue weighted by Crippen LogP contribution is -2.41. The van der Waals surface area contributed by atoms with E-state index in [1.54, 1.807) is 19.1 Å². The number of hydrogen-bond acceptors (Lipinski definition) is 3. The number of rotatable bonds is 4. The molecule has 1 N–H and O–H groups in total. The third-order valence-corrected chi connectivity index (χ3v) is 6.65. The van der Waals surface area contributed by atoms with Crippen LogP contribution in [0.3, 0.4) is 0 Å². The molecule has 1 aliphatic heterocycles. The standard InChI is InChI=1S/C19H20F2N2O3S/c1-13-6-7-15(12-17(13)21)22-19(24)14-8-10-23(11-9-14)27(25,26)18-5-3-2-4-16(18)20/h2-7,12,14H,8-11H2,1H3,(H,22,24). The fraction of sp³-hybridized carbons (Fsp3) is 0.316. The summed E-state index contributed by atoms with van der Waals surface area (Å²) in [5.74, 6) is -1.86. The molecule has 0 atom stereocenters. The van der Waals surface area contributed by atoms with Crippen molar-refractivity contribution in [1.29, 1.82) is 0 Å². The van der Waals surface area contributed by atoms with Gasteiger partial charge >= 0.3 is 0 Å². The highest BCUT2D eigenvalue weighted by Gasteiger charge is 2.33. The summed E-state index contributed by atoms with van der Waals surface area (Å²) in [6.45, 7) is 1.88. The van der Waals surface area contributed by atoms with Gasteiger partial charge in [-0.05, 0) is 49.6 Å². The molecule has 0 saturated carbocycles. The summed E-state index contributed by atoms with van der Waals surface area (Å²) in [6.07, 6.45) is 0.627. The monoisotopic (exact) mass is 394 g/mol. The number of halogens is 2. The van der Waals surface area contributed by atoms with Gasteiger partial charge in [0.15, 0.2) is 0 Å². The van der Waals surface area contributed by atoms with Crippen LogP contribution < -0.4 is 5.32 Å². The van der Waals surface area contributed by atoms with E-state index in [9.17, 15) is 22.0 Å². The van der Waals surface area contributed by atoms with E-state index in [1.807, 2.05) is 0 Å². The molecular formula is C19H20F2N2O3S. The molecule has 27 heavy (non-hydrogen) atoms. The van der Waals surface area contributed by atoms with Gasteiger partial charge in [-0.25, -0.2) is 17.2 Å². The molecule has 1 saturated heterocycles. The molecule has 1 fully saturated rings. The molecule has 1 amide bonds. The fourth-order valence-electron chi connectivity index (χ4n) is 3.07. The summed E-state index contributed by atoms with van der Waals surface area (Å²) in [4.78, 5) is 12.0. The Morgan fingerprint density at radius 3 is 2.37 bits per heavy atom. The number of nitrogens with zero attached hydrogens (tertiary/aromatic N) is 1. The van der Waals surface area contributed by atoms with E-state index in [4.69, 9.17) is 0 Å². The van der Waals surface area contributed by atoms with Gasteiger partial charge in [-0.3, -0.25) is 4.79 Å². The van der Waals surface area contributed by atoms with Gasteiger partial charge in [-0.1, -0.05) is 18.2 Å². The number of benzene rings is 2. The van der Waals surface area contributed by atoms with Gasteiger partial charge in [0, 0.05) is 24.7 Å². The van der Waals surface area contributed by atoms with Crippen LogP contribution in [-0.2, 0) is 14.8 Å². The van der Waals surface area contributed by atoms with Crippen molar-refractivity contribution >= 4 is 21.6 Å². The first-order chi connectivity index (χ1) is 12.8. The average Bonchev–Trinajstić information content (AvgIpc) is 2.65. The maximum absolute atomic E-state index is 13.8. The molecule has 0 aromatic heterocycles. The molecule has 0 bridgehead atoms. The molecule has 5 nitrogen and oxygen atoms in total. The number of nitrogens with one attached hydrogen (secondary N) is 1. The van der Waals surface area contributed by atoms with Crippen LogP contribution in [0.2, 0.25) is 0 Å². The highest BCUT2D eigenvalue weighted by Crippen LogP contribution is 2.26. The van der Waals surface area contributed by atoms with Crippen molar-refractivity contribution in [3.8, 4) is 0 Å². The Morgan fingerprint density at radius 1 is 1.07 bits per heavy atom. The van der Waals surface area contributed by atoms with Crippen LogP contribution in [0.25, 0.3) is 0 Å². The zero-order chi connectivity index (χ0) is 19.6. The number of sulfonamides is 1. The van der Waals surface area contributed by atoms with E-state index >= 15 is 0 Å². The van der Waals surface area contributed by atoms with Gasteiger partial charge in [0.25, 0.3) is 0 Å². The van der Waals surface area contributed by atoms with E-state index in [2.05, 4.69) is 5.32 Å². The molecule has 0 unspecified atom stereocenters. The minimum Gasteiger partial charge on any atom is -0.326 e. The Balaban J connectivity index is 1.63. The van der Waals surface area contributed by atoms with Crippen molar-refractivity contribution in [2.45, 2.75) is 24.7 Å². The SMILES string of the molecule is Cc1ccc(NC(=O)C2CCN(S(=O)(=O)c3ccccc3F)CC2)cc1F. The first kappa shape index (κ1) is 19.4. The highest BCUT2D eigenvalue weighted by atomic mass is 32.2. The van der Waals surface area contributed by atoms with E-state index in [1.165, 1.54) is 28.6 Å². The Hall–Kier alpha value is -2.32. The van der Waals surface area contributed by atoms with Crippen molar-refractivity contribution < 1.29 is 22.0 Å². The highest BCUT2D eigenvalue weighted by molar-refractivity contribution is 7.89. The van der Waals surface area contributed by atoms with Crippen LogP contribution in [0.1, 0.15) is 18.4 Å². The second-order valence-corrected chi connectivity index (χ2v) is 8.47. The Kier molecular flexibility index (Phi) is 5.57. The van der Waals surface area contributed by atoms with Crippen LogP contribution in [0.15, 0.2) is 47.4 Å². The van der Waals surface area contributed by atoms with E-state index in [0.29, 0.717) is 24.1 Å². The third kappa shape index (κ3) is 4.17. The Morgan fingerprint density at radius 2 is 1.74 bits per heavy atom. The van der Waals surface area contributed by atoms with Crippen molar-refractivity contribution in [3.63, 3.8) is 0 Å². The number of aryl methyl sites for hydroxylation is 1. The lowest BCUT2D eigenvalue weighted by molar-refractivity contribution is -0.120. The molecule has 0 aliphatic carbocycles. The smallest absolute Gasteiger partial charge is 0.245 e. The third-order valence-electron chi connectivity index (χ3n) is 4.72. The van der Waals surface area contributed by atoms with Crippen LogP contribution >= 0.6 is 0 Å². The van der Waals surface area contributed by atoms with Crippen molar-refractivity contribution in [1.82, 2.24) is 4.31 Å². The predicted molar refractivity (Wildman–Crippen MR) is 97.6 cm³/mol. The zero-order valence-electron chi connectivity index (χ0n) is 14.8. The maximum Gasteiger partial charge on any atom is 0.245 e. The van der Waals surface area contributed by atoms with Crippen molar-refractivity contribution in [2.24, 2.45) is 5.92 Å². The van der Waals surface area contributed by atoms with E-state index < -0.39 is 21.7 Å². The maximum atomic E-state index is 13.8. The quantitative estimate of drug-likeness (QED) is 0.865. The minimum absolute atomic E-state index is 0.122. The van der Waals surface area contributed by atoms with Crippen LogP contribution in [0.4, 0.5) is 14.5 Å². The molecule has 0 radical (unpaired) electrons. The summed E-state index contributed by atoms with van der Waals surface area (Å²) in [5, 5.41) is 2.67. The average molecular weight is 394 g/mol. The van der Waals surface area contributed by atoms with Crippen molar-refractivity contribution in [3.05, 3.63) is 59.7 Å². The molecular weight excluding hydrogens is 374 g/mol. The molecule has 2 aromatic carbocycles. The van der Waals surface area contributed by atoms with E-state index in [0.717, 1.165) is 6.07 Å². The number of hydrogen-bond donors (Lipinski definition) is 1. The van der Waals surface area contributed by atoms with Gasteiger partial charge in [-0.15, -0.1) is 0 Å². The molecule has 3 rings (SSSR count). The summed E-state index contributed by atoms with van der Waals surface area (Å²) in [6, 6.07) is 9.69. The second kappa shape index (κ2) is 7.74. The number of anilines is 1. The predicted octanol–water partition coefficient (Wildman–Crippen LogP) is 3.31. The number of carbonyl (C=O) groups excluding carboxylic acids is 1. The summed E-state index contributed by atoms with van der Waals surface area (Å²) < 4.78 is 53.8. The Bertz CT molecular complexity index is 955. The minimum atomic E-state index is -3.93. The molecule has 144 valence electrons. The lowest BCUT2D eigenvalue weighted by Gasteiger charge is -2.30. The summed E-state index contributed by atoms with van der Waals surface area (Å²) in [5.41, 5.74) is 0.851. The second-order valence-electron chi connectivity index (χ2n) is 6.56. The molecule has 1 aliphatic rings. The molecule has 1 heterocycles. The summed E-state index contributed by atoms with van der Waals surface area (Å²) in [7, 11) is -3.93. The van der Waals surface area contributed by atoms with Gasteiger partial charge < -0.3 is 5.32 Å². The summed E-state index contributed by atoms with van der Waals surface area (Å²) >= 11 is 0. The molecule has 0 spiro atoms. The number of amides is 1. The van der Waals surface area contributed by atoms with Gasteiger partial charge in [-0.2, -0.15) is 4.31 Å². The van der Waals surface area contributed by atoms with Crippen LogP contribution in [-0.4, -0.2) is 31.7 Å². The molecule has 8 heteroatoms. The largest absolute Gasteiger partial charge is 0.326 e. The van der Waals surface area contributed by atoms with Gasteiger partial charge in [0.2, 0.25) is 15.9 Å². The first-order valence-electron chi connectivity index (χ1n) is 8.61. The number of piperidine rings is 1. The fourth-order valence-corrected chi connectivity index (χ4v) is 4.60. The van der Waals surface area contributed by atoms with Gasteiger partial charge in [0.05, 0.1) is 0 Å². The first-order valence-corrected chi connectivity index (χ1v) is 10.0. The van der Waals surface area contributed by atoms with E-state index in [-0.39, 0.29) is 29.8 Å². The van der Waals surface area contributed by atoms with Crippen LogP contribution in [0, 0.1) is 24.5 Å². The Labute approximate surface area is 157 Å². The topological polar surface area (TPSA) is 66.5 Å². The van der Waals surface area contributed by atoms with Crippen molar-refractivity contribution in [2.75, 3.05) is 18.4 Å². The normalized spacial score (nSPS) is 16.3. The zero-order valence-corrected chi connectivity index (χ0v) is 15.6.